The van der Waals surface area contributed by atoms with Crippen LogP contribution in [0.2, 0.25) is 0 Å². The SMILES string of the molecule is CCn1c(=O)c(=O)[nH]c2cc(C(=O)NCCN3CCCCC3)ccc21. The number of H-pyrrole nitrogens is 1. The fourth-order valence-electron chi connectivity index (χ4n) is 3.35. The molecule has 1 aliphatic heterocycles. The molecule has 0 aliphatic carbocycles. The quantitative estimate of drug-likeness (QED) is 0.790. The number of aromatic nitrogens is 2. The number of hydrogen-bond acceptors (Lipinski definition) is 4. The lowest BCUT2D eigenvalue weighted by Gasteiger charge is -2.26. The molecule has 1 aromatic carbocycles. The van der Waals surface area contributed by atoms with Crippen LogP contribution in [0, 0.1) is 0 Å². The highest BCUT2D eigenvalue weighted by atomic mass is 16.2. The molecule has 1 aromatic heterocycles. The number of aryl methyl sites for hydroxylation is 1. The van der Waals surface area contributed by atoms with Gasteiger partial charge >= 0.3 is 11.1 Å². The van der Waals surface area contributed by atoms with Gasteiger partial charge in [-0.05, 0) is 51.1 Å². The molecular weight excluding hydrogens is 320 g/mol. The van der Waals surface area contributed by atoms with Crippen molar-refractivity contribution in [3.05, 3.63) is 44.5 Å². The van der Waals surface area contributed by atoms with Crippen molar-refractivity contribution < 1.29 is 4.79 Å². The van der Waals surface area contributed by atoms with Gasteiger partial charge in [0.25, 0.3) is 5.91 Å². The molecule has 1 aliphatic rings. The van der Waals surface area contributed by atoms with Crippen LogP contribution in [0.5, 0.6) is 0 Å². The van der Waals surface area contributed by atoms with E-state index in [1.54, 1.807) is 18.2 Å². The highest BCUT2D eigenvalue weighted by molar-refractivity contribution is 5.97. The highest BCUT2D eigenvalue weighted by Gasteiger charge is 2.12. The van der Waals surface area contributed by atoms with Crippen LogP contribution in [0.15, 0.2) is 27.8 Å². The first kappa shape index (κ1) is 17.4. The van der Waals surface area contributed by atoms with Crippen molar-refractivity contribution in [2.45, 2.75) is 32.7 Å². The third-order valence-corrected chi connectivity index (χ3v) is 4.72. The maximum atomic E-state index is 12.3. The maximum absolute atomic E-state index is 12.3. The van der Waals surface area contributed by atoms with Gasteiger partial charge in [-0.2, -0.15) is 0 Å². The number of benzene rings is 1. The molecule has 0 unspecified atom stereocenters. The van der Waals surface area contributed by atoms with Gasteiger partial charge in [-0.1, -0.05) is 6.42 Å². The lowest BCUT2D eigenvalue weighted by Crippen LogP contribution is -2.38. The molecule has 7 nitrogen and oxygen atoms in total. The molecule has 0 bridgehead atoms. The Balaban J connectivity index is 1.72. The summed E-state index contributed by atoms with van der Waals surface area (Å²) in [6.07, 6.45) is 3.75. The van der Waals surface area contributed by atoms with Crippen LogP contribution in [0.1, 0.15) is 36.5 Å². The minimum atomic E-state index is -0.669. The molecule has 0 atom stereocenters. The fourth-order valence-corrected chi connectivity index (χ4v) is 3.35. The number of carbonyl (C=O) groups is 1. The Kier molecular flexibility index (Phi) is 5.33. The topological polar surface area (TPSA) is 87.2 Å². The highest BCUT2D eigenvalue weighted by Crippen LogP contribution is 2.12. The molecule has 1 fully saturated rings. The lowest BCUT2D eigenvalue weighted by atomic mass is 10.1. The summed E-state index contributed by atoms with van der Waals surface area (Å²) in [5.74, 6) is -0.172. The summed E-state index contributed by atoms with van der Waals surface area (Å²) in [5.41, 5.74) is 0.348. The summed E-state index contributed by atoms with van der Waals surface area (Å²) in [7, 11) is 0. The molecule has 134 valence electrons. The van der Waals surface area contributed by atoms with E-state index < -0.39 is 11.1 Å². The molecule has 25 heavy (non-hydrogen) atoms. The molecule has 1 amide bonds. The van der Waals surface area contributed by atoms with Crippen LogP contribution in [0.4, 0.5) is 0 Å². The zero-order valence-electron chi connectivity index (χ0n) is 14.5. The van der Waals surface area contributed by atoms with Gasteiger partial charge in [-0.15, -0.1) is 0 Å². The van der Waals surface area contributed by atoms with E-state index in [-0.39, 0.29) is 5.91 Å². The molecular formula is C18H24N4O3. The van der Waals surface area contributed by atoms with E-state index in [1.165, 1.54) is 23.8 Å². The van der Waals surface area contributed by atoms with Crippen molar-refractivity contribution in [2.75, 3.05) is 26.2 Å². The number of likely N-dealkylation sites (tertiary alicyclic amines) is 1. The summed E-state index contributed by atoms with van der Waals surface area (Å²) in [6, 6.07) is 5.01. The number of amides is 1. The first-order chi connectivity index (χ1) is 12.1. The first-order valence-corrected chi connectivity index (χ1v) is 8.87. The second-order valence-electron chi connectivity index (χ2n) is 6.39. The van der Waals surface area contributed by atoms with Crippen molar-refractivity contribution >= 4 is 16.9 Å². The first-order valence-electron chi connectivity index (χ1n) is 8.87. The normalized spacial score (nSPS) is 15.4. The second kappa shape index (κ2) is 7.65. The van der Waals surface area contributed by atoms with E-state index in [4.69, 9.17) is 0 Å². The third-order valence-electron chi connectivity index (χ3n) is 4.72. The number of fused-ring (bicyclic) bond motifs is 1. The van der Waals surface area contributed by atoms with E-state index in [0.29, 0.717) is 29.7 Å². The number of piperidine rings is 1. The van der Waals surface area contributed by atoms with Crippen LogP contribution in [-0.4, -0.2) is 46.5 Å². The van der Waals surface area contributed by atoms with Crippen molar-refractivity contribution in [3.63, 3.8) is 0 Å². The van der Waals surface area contributed by atoms with Crippen molar-refractivity contribution in [2.24, 2.45) is 0 Å². The van der Waals surface area contributed by atoms with Gasteiger partial charge in [0.15, 0.2) is 0 Å². The van der Waals surface area contributed by atoms with Gasteiger partial charge in [0.2, 0.25) is 0 Å². The Morgan fingerprint density at radius 2 is 1.96 bits per heavy atom. The van der Waals surface area contributed by atoms with Gasteiger partial charge in [-0.3, -0.25) is 14.4 Å². The molecule has 2 aromatic rings. The zero-order valence-corrected chi connectivity index (χ0v) is 14.5. The lowest BCUT2D eigenvalue weighted by molar-refractivity contribution is 0.0946. The standard InChI is InChI=1S/C18H24N4O3/c1-2-22-15-7-6-13(12-14(15)20-17(24)18(22)25)16(23)19-8-11-21-9-4-3-5-10-21/h6-7,12H,2-5,8-11H2,1H3,(H,19,23)(H,20,24). The summed E-state index contributed by atoms with van der Waals surface area (Å²) in [5, 5.41) is 2.92. The smallest absolute Gasteiger partial charge is 0.316 e. The molecule has 1 saturated heterocycles. The minimum absolute atomic E-state index is 0.172. The van der Waals surface area contributed by atoms with E-state index >= 15 is 0 Å². The Bertz CT molecular complexity index is 878. The van der Waals surface area contributed by atoms with Gasteiger partial charge in [0.05, 0.1) is 11.0 Å². The van der Waals surface area contributed by atoms with Crippen LogP contribution < -0.4 is 16.4 Å². The summed E-state index contributed by atoms with van der Waals surface area (Å²) in [4.78, 5) is 40.9. The Morgan fingerprint density at radius 3 is 2.68 bits per heavy atom. The molecule has 0 radical (unpaired) electrons. The van der Waals surface area contributed by atoms with Crippen molar-refractivity contribution in [1.29, 1.82) is 0 Å². The molecule has 0 spiro atoms. The van der Waals surface area contributed by atoms with E-state index in [0.717, 1.165) is 19.6 Å². The van der Waals surface area contributed by atoms with Crippen LogP contribution in [0.25, 0.3) is 11.0 Å². The van der Waals surface area contributed by atoms with Crippen LogP contribution in [-0.2, 0) is 6.54 Å². The number of hydrogen-bond donors (Lipinski definition) is 2. The summed E-state index contributed by atoms with van der Waals surface area (Å²) >= 11 is 0. The third kappa shape index (κ3) is 3.82. The number of carbonyl (C=O) groups excluding carboxylic acids is 1. The van der Waals surface area contributed by atoms with Crippen LogP contribution >= 0.6 is 0 Å². The summed E-state index contributed by atoms with van der Waals surface area (Å²) in [6.45, 7) is 5.86. The average molecular weight is 344 g/mol. The molecule has 2 heterocycles. The number of nitrogens with zero attached hydrogens (tertiary/aromatic N) is 2. The van der Waals surface area contributed by atoms with Crippen LogP contribution in [0.3, 0.4) is 0 Å². The van der Waals surface area contributed by atoms with Gasteiger partial charge in [0.1, 0.15) is 0 Å². The van der Waals surface area contributed by atoms with E-state index in [9.17, 15) is 14.4 Å². The zero-order chi connectivity index (χ0) is 17.8. The van der Waals surface area contributed by atoms with E-state index in [2.05, 4.69) is 15.2 Å². The average Bonchev–Trinajstić information content (AvgIpc) is 2.63. The fraction of sp³-hybridized carbons (Fsp3) is 0.500. The molecule has 7 heteroatoms. The number of rotatable bonds is 5. The minimum Gasteiger partial charge on any atom is -0.351 e. The summed E-state index contributed by atoms with van der Waals surface area (Å²) < 4.78 is 1.41. The molecule has 0 saturated carbocycles. The Labute approximate surface area is 145 Å². The number of aromatic amines is 1. The van der Waals surface area contributed by atoms with Gasteiger partial charge in [-0.25, -0.2) is 0 Å². The predicted molar refractivity (Wildman–Crippen MR) is 97.1 cm³/mol. The predicted octanol–water partition coefficient (Wildman–Crippen LogP) is 0.925. The Morgan fingerprint density at radius 1 is 1.20 bits per heavy atom. The largest absolute Gasteiger partial charge is 0.351 e. The number of nitrogens with one attached hydrogen (secondary N) is 2. The maximum Gasteiger partial charge on any atom is 0.316 e. The monoisotopic (exact) mass is 344 g/mol. The molecule has 2 N–H and O–H groups in total. The Hall–Kier alpha value is -2.41. The van der Waals surface area contributed by atoms with E-state index in [1.807, 2.05) is 6.92 Å². The van der Waals surface area contributed by atoms with Gasteiger partial charge in [0, 0.05) is 25.2 Å². The van der Waals surface area contributed by atoms with Crippen molar-refractivity contribution in [3.8, 4) is 0 Å². The van der Waals surface area contributed by atoms with Gasteiger partial charge < -0.3 is 19.8 Å². The van der Waals surface area contributed by atoms with Crippen molar-refractivity contribution in [1.82, 2.24) is 19.8 Å². The second-order valence-corrected chi connectivity index (χ2v) is 6.39. The molecule has 3 rings (SSSR count).